The number of rotatable bonds is 2. The van der Waals surface area contributed by atoms with Gasteiger partial charge in [-0.25, -0.2) is 4.68 Å². The van der Waals surface area contributed by atoms with Crippen LogP contribution in [0.3, 0.4) is 0 Å². The van der Waals surface area contributed by atoms with Gasteiger partial charge in [-0.1, -0.05) is 19.3 Å². The number of nitrogens with two attached hydrogens (primary N) is 2. The van der Waals surface area contributed by atoms with Gasteiger partial charge in [-0.3, -0.25) is 0 Å². The molecule has 15 heavy (non-hydrogen) atoms. The van der Waals surface area contributed by atoms with E-state index < -0.39 is 0 Å². The summed E-state index contributed by atoms with van der Waals surface area (Å²) in [5.41, 5.74) is 11.6. The normalized spacial score (nSPS) is 20.4. The van der Waals surface area contributed by atoms with Crippen molar-refractivity contribution in [1.82, 2.24) is 14.8 Å². The Hall–Kier alpha value is -1.10. The van der Waals surface area contributed by atoms with Gasteiger partial charge in [0.2, 0.25) is 5.95 Å². The van der Waals surface area contributed by atoms with Crippen molar-refractivity contribution in [2.75, 3.05) is 12.3 Å². The number of nitrogens with zero attached hydrogens (tertiary/aromatic N) is 3. The van der Waals surface area contributed by atoms with Gasteiger partial charge in [-0.2, -0.15) is 10.1 Å². The summed E-state index contributed by atoms with van der Waals surface area (Å²) in [5, 5.41) is 4.38. The highest BCUT2D eigenvalue weighted by Crippen LogP contribution is 2.37. The molecular weight excluding hydrogens is 190 g/mol. The highest BCUT2D eigenvalue weighted by Gasteiger charge is 2.36. The Balaban J connectivity index is 2.32. The predicted molar refractivity (Wildman–Crippen MR) is 59.2 cm³/mol. The van der Waals surface area contributed by atoms with Crippen LogP contribution >= 0.6 is 0 Å². The number of anilines is 1. The van der Waals surface area contributed by atoms with E-state index in [1.165, 1.54) is 19.3 Å². The lowest BCUT2D eigenvalue weighted by Gasteiger charge is -2.33. The number of nitrogen functional groups attached to an aromatic ring is 1. The monoisotopic (exact) mass is 209 g/mol. The second-order valence-corrected chi connectivity index (χ2v) is 4.46. The van der Waals surface area contributed by atoms with Crippen LogP contribution in [-0.2, 0) is 12.5 Å². The minimum Gasteiger partial charge on any atom is -0.368 e. The Morgan fingerprint density at radius 3 is 2.47 bits per heavy atom. The van der Waals surface area contributed by atoms with Crippen molar-refractivity contribution in [3.05, 3.63) is 5.82 Å². The fraction of sp³-hybridized carbons (Fsp3) is 0.800. The Morgan fingerprint density at radius 1 is 1.33 bits per heavy atom. The molecule has 1 fully saturated rings. The van der Waals surface area contributed by atoms with Crippen molar-refractivity contribution in [3.63, 3.8) is 0 Å². The van der Waals surface area contributed by atoms with Gasteiger partial charge in [0.15, 0.2) is 5.82 Å². The minimum absolute atomic E-state index is 0.0202. The molecule has 1 heterocycles. The topological polar surface area (TPSA) is 82.8 Å². The van der Waals surface area contributed by atoms with Crippen LogP contribution in [0.4, 0.5) is 5.95 Å². The molecule has 1 aliphatic carbocycles. The SMILES string of the molecule is Cn1nc(C2(CN)CCCCC2)nc1N. The van der Waals surface area contributed by atoms with Gasteiger partial charge >= 0.3 is 0 Å². The van der Waals surface area contributed by atoms with Gasteiger partial charge in [-0.15, -0.1) is 0 Å². The first-order valence-electron chi connectivity index (χ1n) is 5.55. The fourth-order valence-electron chi connectivity index (χ4n) is 2.37. The summed E-state index contributed by atoms with van der Waals surface area (Å²) in [6.07, 6.45) is 5.91. The van der Waals surface area contributed by atoms with Crippen LogP contribution < -0.4 is 11.5 Å². The summed E-state index contributed by atoms with van der Waals surface area (Å²) in [5.74, 6) is 1.31. The average Bonchev–Trinajstić information content (AvgIpc) is 2.61. The first-order valence-corrected chi connectivity index (χ1v) is 5.55. The van der Waals surface area contributed by atoms with Crippen LogP contribution in [0.25, 0.3) is 0 Å². The molecule has 0 saturated heterocycles. The van der Waals surface area contributed by atoms with E-state index in [0.717, 1.165) is 18.7 Å². The van der Waals surface area contributed by atoms with Crippen LogP contribution in [0.15, 0.2) is 0 Å². The Labute approximate surface area is 89.9 Å². The Morgan fingerprint density at radius 2 is 2.00 bits per heavy atom. The molecule has 1 saturated carbocycles. The van der Waals surface area contributed by atoms with E-state index in [9.17, 15) is 0 Å². The summed E-state index contributed by atoms with van der Waals surface area (Å²) < 4.78 is 1.63. The third-order valence-corrected chi connectivity index (χ3v) is 3.47. The average molecular weight is 209 g/mol. The standard InChI is InChI=1S/C10H19N5/c1-15-9(12)13-8(14-15)10(7-11)5-3-2-4-6-10/h2-7,11H2,1H3,(H2,12,13,14). The van der Waals surface area contributed by atoms with Crippen LogP contribution in [0.1, 0.15) is 37.9 Å². The molecule has 84 valence electrons. The molecule has 5 heteroatoms. The van der Waals surface area contributed by atoms with Crippen molar-refractivity contribution in [1.29, 1.82) is 0 Å². The van der Waals surface area contributed by atoms with Crippen LogP contribution in [0.2, 0.25) is 0 Å². The van der Waals surface area contributed by atoms with Crippen LogP contribution in [0, 0.1) is 0 Å². The maximum Gasteiger partial charge on any atom is 0.218 e. The van der Waals surface area contributed by atoms with Gasteiger partial charge in [0.1, 0.15) is 0 Å². The number of aromatic nitrogens is 3. The van der Waals surface area contributed by atoms with Gasteiger partial charge < -0.3 is 11.5 Å². The molecule has 0 amide bonds. The molecule has 0 radical (unpaired) electrons. The molecule has 0 bridgehead atoms. The molecule has 1 aliphatic rings. The van der Waals surface area contributed by atoms with Crippen molar-refractivity contribution in [2.45, 2.75) is 37.5 Å². The number of hydrogen-bond acceptors (Lipinski definition) is 4. The molecule has 0 aromatic carbocycles. The first-order chi connectivity index (χ1) is 7.18. The zero-order valence-electron chi connectivity index (χ0n) is 9.24. The number of aryl methyl sites for hydroxylation is 1. The van der Waals surface area contributed by atoms with Crippen molar-refractivity contribution in [2.24, 2.45) is 12.8 Å². The highest BCUT2D eigenvalue weighted by molar-refractivity contribution is 5.21. The van der Waals surface area contributed by atoms with E-state index in [1.807, 2.05) is 7.05 Å². The van der Waals surface area contributed by atoms with E-state index in [4.69, 9.17) is 11.5 Å². The molecule has 2 rings (SSSR count). The minimum atomic E-state index is -0.0202. The Kier molecular flexibility index (Phi) is 2.65. The summed E-state index contributed by atoms with van der Waals surface area (Å²) in [4.78, 5) is 4.33. The van der Waals surface area contributed by atoms with Crippen LogP contribution in [0.5, 0.6) is 0 Å². The fourth-order valence-corrected chi connectivity index (χ4v) is 2.37. The summed E-state index contributed by atoms with van der Waals surface area (Å²) in [7, 11) is 1.82. The largest absolute Gasteiger partial charge is 0.368 e. The Bertz CT molecular complexity index is 318. The van der Waals surface area contributed by atoms with E-state index in [1.54, 1.807) is 4.68 Å². The summed E-state index contributed by atoms with van der Waals surface area (Å²) >= 11 is 0. The zero-order valence-corrected chi connectivity index (χ0v) is 9.24. The third-order valence-electron chi connectivity index (χ3n) is 3.47. The van der Waals surface area contributed by atoms with Gasteiger partial charge in [-0.05, 0) is 12.8 Å². The van der Waals surface area contributed by atoms with E-state index in [0.29, 0.717) is 12.5 Å². The lowest BCUT2D eigenvalue weighted by molar-refractivity contribution is 0.285. The maximum atomic E-state index is 5.90. The molecule has 1 aromatic rings. The van der Waals surface area contributed by atoms with Crippen molar-refractivity contribution < 1.29 is 0 Å². The summed E-state index contributed by atoms with van der Waals surface area (Å²) in [6, 6.07) is 0. The summed E-state index contributed by atoms with van der Waals surface area (Å²) in [6.45, 7) is 0.621. The molecular formula is C10H19N5. The van der Waals surface area contributed by atoms with E-state index in [-0.39, 0.29) is 5.41 Å². The highest BCUT2D eigenvalue weighted by atomic mass is 15.4. The van der Waals surface area contributed by atoms with Gasteiger partial charge in [0.05, 0.1) is 0 Å². The quantitative estimate of drug-likeness (QED) is 0.745. The molecule has 0 spiro atoms. The third kappa shape index (κ3) is 1.71. The van der Waals surface area contributed by atoms with Crippen molar-refractivity contribution in [3.8, 4) is 0 Å². The van der Waals surface area contributed by atoms with E-state index >= 15 is 0 Å². The molecule has 1 aromatic heterocycles. The molecule has 4 N–H and O–H groups in total. The second-order valence-electron chi connectivity index (χ2n) is 4.46. The zero-order chi connectivity index (χ0) is 10.9. The predicted octanol–water partition coefficient (Wildman–Crippen LogP) is 0.558. The van der Waals surface area contributed by atoms with Gasteiger partial charge in [0.25, 0.3) is 0 Å². The lowest BCUT2D eigenvalue weighted by atomic mass is 9.73. The lowest BCUT2D eigenvalue weighted by Crippen LogP contribution is -2.38. The number of hydrogen-bond donors (Lipinski definition) is 2. The van der Waals surface area contributed by atoms with Gasteiger partial charge in [0, 0.05) is 19.0 Å². The first kappa shape index (κ1) is 10.4. The van der Waals surface area contributed by atoms with Crippen LogP contribution in [-0.4, -0.2) is 21.3 Å². The molecule has 0 atom stereocenters. The maximum absolute atomic E-state index is 5.90. The second kappa shape index (κ2) is 3.81. The smallest absolute Gasteiger partial charge is 0.218 e. The molecule has 5 nitrogen and oxygen atoms in total. The molecule has 0 unspecified atom stereocenters. The van der Waals surface area contributed by atoms with E-state index in [2.05, 4.69) is 10.1 Å². The molecule has 0 aliphatic heterocycles. The van der Waals surface area contributed by atoms with Crippen molar-refractivity contribution >= 4 is 5.95 Å².